The van der Waals surface area contributed by atoms with E-state index in [-0.39, 0.29) is 23.5 Å². The van der Waals surface area contributed by atoms with Gasteiger partial charge in [0.2, 0.25) is 10.0 Å². The van der Waals surface area contributed by atoms with Crippen LogP contribution in [-0.2, 0) is 10.0 Å². The molecule has 4 N–H and O–H groups in total. The van der Waals surface area contributed by atoms with E-state index in [0.29, 0.717) is 0 Å². The minimum atomic E-state index is -3.40. The fourth-order valence-corrected chi connectivity index (χ4v) is 2.44. The molecule has 0 aromatic heterocycles. The van der Waals surface area contributed by atoms with E-state index in [0.717, 1.165) is 3.57 Å². The van der Waals surface area contributed by atoms with E-state index in [9.17, 15) is 18.0 Å². The molecular formula is C11H14IN3O5S. The van der Waals surface area contributed by atoms with Crippen molar-refractivity contribution in [3.8, 4) is 0 Å². The van der Waals surface area contributed by atoms with Crippen LogP contribution >= 0.6 is 22.6 Å². The van der Waals surface area contributed by atoms with Crippen molar-refractivity contribution in [2.45, 2.75) is 0 Å². The molecule has 0 aliphatic carbocycles. The molecule has 0 heterocycles. The molecule has 116 valence electrons. The molecule has 0 atom stereocenters. The number of rotatable bonds is 6. The zero-order valence-corrected chi connectivity index (χ0v) is 14.0. The van der Waals surface area contributed by atoms with E-state index in [2.05, 4.69) is 15.4 Å². The number of urea groups is 1. The summed E-state index contributed by atoms with van der Waals surface area (Å²) < 4.78 is 25.2. The zero-order valence-electron chi connectivity index (χ0n) is 11.0. The Bertz CT molecular complexity index is 647. The van der Waals surface area contributed by atoms with Gasteiger partial charge in [0.05, 0.1) is 17.0 Å². The van der Waals surface area contributed by atoms with Gasteiger partial charge in [-0.2, -0.15) is 0 Å². The van der Waals surface area contributed by atoms with Crippen LogP contribution in [0.15, 0.2) is 18.2 Å². The number of carbonyl (C=O) groups is 2. The summed E-state index contributed by atoms with van der Waals surface area (Å²) in [6.45, 7) is -0.0955. The smallest absolute Gasteiger partial charge is 0.337 e. The van der Waals surface area contributed by atoms with E-state index < -0.39 is 22.0 Å². The number of hydrogen-bond donors (Lipinski definition) is 4. The number of benzene rings is 1. The second kappa shape index (κ2) is 7.56. The molecule has 1 aromatic carbocycles. The number of anilines is 1. The van der Waals surface area contributed by atoms with E-state index in [1.54, 1.807) is 6.07 Å². The van der Waals surface area contributed by atoms with Gasteiger partial charge in [-0.15, -0.1) is 0 Å². The van der Waals surface area contributed by atoms with Crippen molar-refractivity contribution in [1.29, 1.82) is 0 Å². The van der Waals surface area contributed by atoms with E-state index in [1.165, 1.54) is 19.2 Å². The van der Waals surface area contributed by atoms with Crippen molar-refractivity contribution in [3.05, 3.63) is 27.3 Å². The van der Waals surface area contributed by atoms with Crippen molar-refractivity contribution < 1.29 is 23.1 Å². The summed E-state index contributed by atoms with van der Waals surface area (Å²) in [5.74, 6) is -1.43. The van der Waals surface area contributed by atoms with Crippen LogP contribution in [0.4, 0.5) is 10.5 Å². The third-order valence-corrected chi connectivity index (χ3v) is 4.46. The molecule has 2 amide bonds. The van der Waals surface area contributed by atoms with Crippen molar-refractivity contribution in [2.24, 2.45) is 0 Å². The second-order valence-corrected chi connectivity index (χ2v) is 7.19. The van der Waals surface area contributed by atoms with Crippen molar-refractivity contribution in [2.75, 3.05) is 24.7 Å². The van der Waals surface area contributed by atoms with Crippen LogP contribution in [0.25, 0.3) is 0 Å². The minimum absolute atomic E-state index is 0.0418. The lowest BCUT2D eigenvalue weighted by Crippen LogP contribution is -2.35. The van der Waals surface area contributed by atoms with E-state index in [1.807, 2.05) is 22.6 Å². The highest BCUT2D eigenvalue weighted by Gasteiger charge is 2.13. The zero-order chi connectivity index (χ0) is 16.0. The number of carboxylic acids is 1. The lowest BCUT2D eigenvalue weighted by molar-refractivity contribution is 0.0698. The Balaban J connectivity index is 2.66. The molecule has 21 heavy (non-hydrogen) atoms. The number of aromatic carboxylic acids is 1. The molecule has 0 spiro atoms. The Morgan fingerprint density at radius 1 is 1.33 bits per heavy atom. The molecule has 0 bridgehead atoms. The van der Waals surface area contributed by atoms with Crippen LogP contribution in [0.5, 0.6) is 0 Å². The van der Waals surface area contributed by atoms with E-state index >= 15 is 0 Å². The molecule has 0 radical (unpaired) electrons. The maximum Gasteiger partial charge on any atom is 0.337 e. The number of hydrogen-bond acceptors (Lipinski definition) is 4. The summed E-state index contributed by atoms with van der Waals surface area (Å²) in [6, 6.07) is 3.86. The number of sulfonamides is 1. The fraction of sp³-hybridized carbons (Fsp3) is 0.273. The Morgan fingerprint density at radius 2 is 2.00 bits per heavy atom. The average molecular weight is 427 g/mol. The lowest BCUT2D eigenvalue weighted by Gasteiger charge is -2.10. The van der Waals surface area contributed by atoms with Crippen LogP contribution in [0, 0.1) is 3.57 Å². The predicted octanol–water partition coefficient (Wildman–Crippen LogP) is 0.660. The Labute approximate surface area is 135 Å². The first kappa shape index (κ1) is 17.7. The molecule has 0 saturated carbocycles. The van der Waals surface area contributed by atoms with Gasteiger partial charge in [-0.1, -0.05) is 0 Å². The minimum Gasteiger partial charge on any atom is -0.478 e. The Hall–Kier alpha value is -1.40. The third-order valence-electron chi connectivity index (χ3n) is 2.43. The summed E-state index contributed by atoms with van der Waals surface area (Å²) in [6.07, 6.45) is 0. The topological polar surface area (TPSA) is 125 Å². The molecule has 0 aliphatic rings. The van der Waals surface area contributed by atoms with Gasteiger partial charge in [0.1, 0.15) is 0 Å². The summed E-state index contributed by atoms with van der Waals surface area (Å²) >= 11 is 1.96. The number of carbonyl (C=O) groups excluding carboxylic acids is 1. The van der Waals surface area contributed by atoms with Gasteiger partial charge in [-0.3, -0.25) is 0 Å². The molecule has 8 nitrogen and oxygen atoms in total. The van der Waals surface area contributed by atoms with Gasteiger partial charge in [0.15, 0.2) is 0 Å². The molecular weight excluding hydrogens is 413 g/mol. The summed E-state index contributed by atoms with van der Waals surface area (Å²) in [5.41, 5.74) is 0.0942. The highest BCUT2D eigenvalue weighted by atomic mass is 127. The normalized spacial score (nSPS) is 11.0. The maximum atomic E-state index is 11.6. The number of halogens is 1. The van der Waals surface area contributed by atoms with Crippen LogP contribution in [0.3, 0.4) is 0 Å². The number of carboxylic acid groups (broad SMARTS) is 1. The highest BCUT2D eigenvalue weighted by molar-refractivity contribution is 14.1. The predicted molar refractivity (Wildman–Crippen MR) is 86.0 cm³/mol. The first-order valence-electron chi connectivity index (χ1n) is 5.74. The van der Waals surface area contributed by atoms with Crippen molar-refractivity contribution in [3.63, 3.8) is 0 Å². The molecule has 0 aliphatic heterocycles. The third kappa shape index (κ3) is 5.85. The molecule has 1 rings (SSSR count). The van der Waals surface area contributed by atoms with Gasteiger partial charge >= 0.3 is 12.0 Å². The first-order chi connectivity index (χ1) is 9.75. The van der Waals surface area contributed by atoms with Crippen LogP contribution < -0.4 is 15.4 Å². The van der Waals surface area contributed by atoms with Gasteiger partial charge in [0, 0.05) is 10.1 Å². The second-order valence-electron chi connectivity index (χ2n) is 3.90. The average Bonchev–Trinajstić information content (AvgIpc) is 2.40. The highest BCUT2D eigenvalue weighted by Crippen LogP contribution is 2.18. The quantitative estimate of drug-likeness (QED) is 0.497. The van der Waals surface area contributed by atoms with Crippen molar-refractivity contribution in [1.82, 2.24) is 10.0 Å². The molecule has 0 unspecified atom stereocenters. The fourth-order valence-electron chi connectivity index (χ4n) is 1.37. The van der Waals surface area contributed by atoms with Crippen LogP contribution in [-0.4, -0.2) is 44.9 Å². The maximum absolute atomic E-state index is 11.6. The monoisotopic (exact) mass is 427 g/mol. The Kier molecular flexibility index (Phi) is 6.36. The van der Waals surface area contributed by atoms with Gasteiger partial charge in [-0.25, -0.2) is 22.7 Å². The largest absolute Gasteiger partial charge is 0.478 e. The Morgan fingerprint density at radius 3 is 2.57 bits per heavy atom. The first-order valence-corrected chi connectivity index (χ1v) is 8.47. The van der Waals surface area contributed by atoms with Crippen LogP contribution in [0.2, 0.25) is 0 Å². The summed E-state index contributed by atoms with van der Waals surface area (Å²) in [5, 5.41) is 13.8. The van der Waals surface area contributed by atoms with Crippen molar-refractivity contribution >= 4 is 50.3 Å². The van der Waals surface area contributed by atoms with Gasteiger partial charge < -0.3 is 15.7 Å². The van der Waals surface area contributed by atoms with Gasteiger partial charge in [-0.05, 0) is 47.8 Å². The number of nitrogens with one attached hydrogen (secondary N) is 3. The van der Waals surface area contributed by atoms with Gasteiger partial charge in [0.25, 0.3) is 0 Å². The molecule has 0 saturated heterocycles. The molecule has 0 fully saturated rings. The molecule has 1 aromatic rings. The standard InChI is InChI=1S/C11H14IN3O5S/c1-13-21(19,20)5-4-14-11(18)15-9-3-2-7(12)6-8(9)10(16)17/h2-3,6,13H,4-5H2,1H3,(H,16,17)(H2,14,15,18). The SMILES string of the molecule is CNS(=O)(=O)CCNC(=O)Nc1ccc(I)cc1C(=O)O. The summed E-state index contributed by atoms with van der Waals surface area (Å²) in [7, 11) is -2.12. The number of amides is 2. The van der Waals surface area contributed by atoms with Crippen LogP contribution in [0.1, 0.15) is 10.4 Å². The molecule has 10 heteroatoms. The summed E-state index contributed by atoms with van der Waals surface area (Å²) in [4.78, 5) is 22.7. The lowest BCUT2D eigenvalue weighted by atomic mass is 10.2. The van der Waals surface area contributed by atoms with E-state index in [4.69, 9.17) is 5.11 Å².